The number of aliphatic hydroxyl groups excluding tert-OH is 1. The van der Waals surface area contributed by atoms with Crippen molar-refractivity contribution in [2.75, 3.05) is 26.3 Å². The van der Waals surface area contributed by atoms with Gasteiger partial charge in [-0.3, -0.25) is 28.7 Å². The molecule has 0 radical (unpaired) electrons. The van der Waals surface area contributed by atoms with E-state index >= 15 is 0 Å². The monoisotopic (exact) mass is 961 g/mol. The Morgan fingerprint density at radius 2 is 1.67 bits per heavy atom. The molecule has 4 atom stereocenters. The van der Waals surface area contributed by atoms with E-state index in [-0.39, 0.29) is 51.6 Å². The molecule has 5 heterocycles. The van der Waals surface area contributed by atoms with Gasteiger partial charge in [0.15, 0.2) is 5.82 Å². The maximum absolute atomic E-state index is 14.0. The normalized spacial score (nSPS) is 16.8. The summed E-state index contributed by atoms with van der Waals surface area (Å²) in [6, 6.07) is 12.8. The van der Waals surface area contributed by atoms with Gasteiger partial charge in [-0.15, -0.1) is 32.9 Å². The summed E-state index contributed by atoms with van der Waals surface area (Å²) < 4.78 is 7.45. The number of hydrogen-bond acceptors (Lipinski definition) is 12. The number of β-amino-alcohol motifs (C(OH)–C–C–N with tert-alkyl or cyclic N) is 1. The van der Waals surface area contributed by atoms with Gasteiger partial charge in [0.25, 0.3) is 0 Å². The van der Waals surface area contributed by atoms with Gasteiger partial charge >= 0.3 is 0 Å². The lowest BCUT2D eigenvalue weighted by Crippen LogP contribution is -2.58. The number of thiazole rings is 1. The maximum Gasteiger partial charge on any atom is 0.246 e. The number of likely N-dealkylation sites (tertiary alicyclic amines) is 1. The number of hydrogen-bond donors (Lipinski definition) is 4. The van der Waals surface area contributed by atoms with Gasteiger partial charge in [-0.1, -0.05) is 80.6 Å². The summed E-state index contributed by atoms with van der Waals surface area (Å²) in [6.07, 6.45) is -0.812. The molecular weight excluding hydrogens is 910 g/mol. The van der Waals surface area contributed by atoms with Crippen LogP contribution in [0.2, 0.25) is 5.02 Å². The number of amides is 4. The highest BCUT2D eigenvalue weighted by Crippen LogP contribution is 2.40. The van der Waals surface area contributed by atoms with Crippen LogP contribution in [0.5, 0.6) is 0 Å². The lowest BCUT2D eigenvalue weighted by Gasteiger charge is -2.35. The van der Waals surface area contributed by atoms with Gasteiger partial charge in [-0.2, -0.15) is 0 Å². The van der Waals surface area contributed by atoms with Crippen LogP contribution >= 0.6 is 34.3 Å². The number of carbonyl (C=O) groups excluding carboxylic acids is 4. The van der Waals surface area contributed by atoms with E-state index in [0.29, 0.717) is 16.7 Å². The number of nitrogens with zero attached hydrogens (tertiary/aromatic N) is 6. The van der Waals surface area contributed by atoms with E-state index in [9.17, 15) is 24.3 Å². The molecule has 2 aliphatic heterocycles. The second-order valence-electron chi connectivity index (χ2n) is 17.4. The summed E-state index contributed by atoms with van der Waals surface area (Å²) in [6.45, 7) is 13.1. The standard InChI is InChI=1S/C49H52ClN9O6S2/c1-28-30(3)67-48-41(28)42(33-16-18-35(50)19-17-33)54-37(45-57-56-31(4)59(45)48)23-39(61)51-20-10-8-9-11-21-65-26-40(62)55-44(49(5,6)7)47(64)58-25-36(60)22-38(58)46(63)52-24-32-12-14-34(15-13-32)43-29(2)53-27-66-43/h12-19,27,36-38,44,60H,20-26H2,1-7H3,(H,51,61)(H,52,63)(H,55,62)/t36-,37+,38+,44-/m1/s1. The smallest absolute Gasteiger partial charge is 0.246 e. The van der Waals surface area contributed by atoms with Crippen LogP contribution in [0.3, 0.4) is 0 Å². The van der Waals surface area contributed by atoms with Gasteiger partial charge in [-0.25, -0.2) is 4.98 Å². The largest absolute Gasteiger partial charge is 0.391 e. The molecule has 5 aromatic rings. The fourth-order valence-electron chi connectivity index (χ4n) is 7.87. The average Bonchev–Trinajstić information content (AvgIpc) is 4.06. The van der Waals surface area contributed by atoms with Crippen LogP contribution in [0, 0.1) is 56.8 Å². The van der Waals surface area contributed by atoms with Crippen molar-refractivity contribution in [1.82, 2.24) is 40.6 Å². The Kier molecular flexibility index (Phi) is 15.4. The Hall–Kier alpha value is -6.21. The number of rotatable bonds is 13. The van der Waals surface area contributed by atoms with Crippen LogP contribution in [-0.2, 0) is 30.5 Å². The lowest BCUT2D eigenvalue weighted by atomic mass is 9.85. The molecule has 0 unspecified atom stereocenters. The third kappa shape index (κ3) is 11.5. The van der Waals surface area contributed by atoms with E-state index < -0.39 is 47.4 Å². The maximum atomic E-state index is 14.0. The first-order chi connectivity index (χ1) is 32.0. The zero-order valence-corrected chi connectivity index (χ0v) is 40.7. The average molecular weight is 963 g/mol. The van der Waals surface area contributed by atoms with E-state index in [1.807, 2.05) is 66.9 Å². The number of aryl methyl sites for hydroxylation is 3. The van der Waals surface area contributed by atoms with E-state index in [2.05, 4.69) is 68.7 Å². The zero-order chi connectivity index (χ0) is 48.0. The molecule has 0 saturated carbocycles. The molecule has 1 fully saturated rings. The van der Waals surface area contributed by atoms with Gasteiger partial charge in [0.2, 0.25) is 23.6 Å². The molecule has 348 valence electrons. The summed E-state index contributed by atoms with van der Waals surface area (Å²) in [5.41, 5.74) is 7.64. The van der Waals surface area contributed by atoms with Crippen LogP contribution in [0.4, 0.5) is 0 Å². The third-order valence-corrected chi connectivity index (χ3v) is 13.9. The first-order valence-corrected chi connectivity index (χ1v) is 23.8. The number of carbonyl (C=O) groups is 4. The summed E-state index contributed by atoms with van der Waals surface area (Å²) in [4.78, 5) is 66.7. The summed E-state index contributed by atoms with van der Waals surface area (Å²) in [5, 5.41) is 29.4. The second-order valence-corrected chi connectivity index (χ2v) is 19.9. The Morgan fingerprint density at radius 3 is 2.37 bits per heavy atom. The van der Waals surface area contributed by atoms with Crippen LogP contribution < -0.4 is 16.0 Å². The molecule has 18 heteroatoms. The molecule has 3 aromatic heterocycles. The number of aromatic nitrogens is 4. The number of benzene rings is 2. The van der Waals surface area contributed by atoms with E-state index in [1.54, 1.807) is 49.0 Å². The predicted molar refractivity (Wildman–Crippen MR) is 259 cm³/mol. The Balaban J connectivity index is 0.882. The number of nitrogens with one attached hydrogen (secondary N) is 3. The van der Waals surface area contributed by atoms with Crippen molar-refractivity contribution in [3.8, 4) is 39.1 Å². The number of halogens is 1. The highest BCUT2D eigenvalue weighted by atomic mass is 35.5. The van der Waals surface area contributed by atoms with Crippen LogP contribution in [0.15, 0.2) is 59.0 Å². The molecule has 4 amide bonds. The van der Waals surface area contributed by atoms with Crippen molar-refractivity contribution in [3.05, 3.63) is 104 Å². The first-order valence-electron chi connectivity index (χ1n) is 21.7. The topological polar surface area (TPSA) is 193 Å². The number of thiophene rings is 1. The van der Waals surface area contributed by atoms with Gasteiger partial charge in [0.1, 0.15) is 42.2 Å². The number of ether oxygens (including phenoxy) is 1. The van der Waals surface area contributed by atoms with E-state index in [0.717, 1.165) is 54.0 Å². The van der Waals surface area contributed by atoms with Crippen molar-refractivity contribution in [1.29, 1.82) is 0 Å². The molecule has 1 saturated heterocycles. The molecule has 7 rings (SSSR count). The van der Waals surface area contributed by atoms with Crippen molar-refractivity contribution < 1.29 is 29.0 Å². The highest BCUT2D eigenvalue weighted by Gasteiger charge is 2.44. The molecular formula is C49H52ClN9O6S2. The highest BCUT2D eigenvalue weighted by molar-refractivity contribution is 7.15. The Bertz CT molecular complexity index is 2820. The fraction of sp³-hybridized carbons (Fsp3) is 0.388. The molecule has 2 aromatic carbocycles. The minimum atomic E-state index is -1.01. The third-order valence-electron chi connectivity index (χ3n) is 11.5. The number of aliphatic hydroxyl groups is 1. The van der Waals surface area contributed by atoms with Crippen molar-refractivity contribution in [2.45, 2.75) is 92.1 Å². The molecule has 67 heavy (non-hydrogen) atoms. The predicted octanol–water partition coefficient (Wildman–Crippen LogP) is 5.57. The van der Waals surface area contributed by atoms with Crippen molar-refractivity contribution in [2.24, 2.45) is 10.4 Å². The summed E-state index contributed by atoms with van der Waals surface area (Å²) in [5.74, 6) is 10.5. The van der Waals surface area contributed by atoms with Gasteiger partial charge in [0.05, 0.1) is 40.9 Å². The van der Waals surface area contributed by atoms with Crippen molar-refractivity contribution in [3.63, 3.8) is 0 Å². The number of aliphatic imine (C=N–C) groups is 1. The zero-order valence-electron chi connectivity index (χ0n) is 38.3. The molecule has 4 N–H and O–H groups in total. The van der Waals surface area contributed by atoms with Crippen LogP contribution in [0.25, 0.3) is 15.4 Å². The minimum Gasteiger partial charge on any atom is -0.391 e. The Labute approximate surface area is 402 Å². The first kappa shape index (κ1) is 48.7. The SMILES string of the molecule is Cc1ncsc1-c1ccc(CNC(=O)[C@@H]2C[C@@H](O)CN2C(=O)[C@@H](NC(=O)COCC#CC#CCNC(=O)C[C@@H]2N=C(c3ccc(Cl)cc3)c3c(sc(C)c3C)-n3c(C)nnc32)C(C)(C)C)cc1. The summed E-state index contributed by atoms with van der Waals surface area (Å²) in [7, 11) is 0. The lowest BCUT2D eigenvalue weighted by molar-refractivity contribution is -0.144. The van der Waals surface area contributed by atoms with Gasteiger partial charge < -0.3 is 30.7 Å². The van der Waals surface area contributed by atoms with E-state index in [4.69, 9.17) is 21.3 Å². The van der Waals surface area contributed by atoms with Crippen LogP contribution in [0.1, 0.15) is 84.1 Å². The van der Waals surface area contributed by atoms with Crippen molar-refractivity contribution >= 4 is 63.6 Å². The molecule has 15 nitrogen and oxygen atoms in total. The molecule has 0 spiro atoms. The molecule has 2 aliphatic rings. The quantitative estimate of drug-likeness (QED) is 0.0863. The Morgan fingerprint density at radius 1 is 0.955 bits per heavy atom. The van der Waals surface area contributed by atoms with Crippen LogP contribution in [-0.4, -0.2) is 104 Å². The molecule has 0 aliphatic carbocycles. The van der Waals surface area contributed by atoms with Gasteiger partial charge in [-0.05, 0) is 73.8 Å². The molecule has 0 bridgehead atoms. The minimum absolute atomic E-state index is 0.00783. The summed E-state index contributed by atoms with van der Waals surface area (Å²) >= 11 is 9.42. The fourth-order valence-corrected chi connectivity index (χ4v) is 10.0. The van der Waals surface area contributed by atoms with Gasteiger partial charge in [0, 0.05) is 40.5 Å². The second kappa shape index (κ2) is 21.2. The number of fused-ring (bicyclic) bond motifs is 3. The van der Waals surface area contributed by atoms with E-state index in [1.165, 1.54) is 4.90 Å².